The Morgan fingerprint density at radius 2 is 1.66 bits per heavy atom. The van der Waals surface area contributed by atoms with E-state index in [2.05, 4.69) is 20.6 Å². The molecule has 0 aliphatic rings. The molecule has 8 nitrogen and oxygen atoms in total. The summed E-state index contributed by atoms with van der Waals surface area (Å²) in [7, 11) is 4.54. The summed E-state index contributed by atoms with van der Waals surface area (Å²) in [6.45, 7) is 1.80. The zero-order chi connectivity index (χ0) is 20.8. The number of carbonyl (C=O) groups excluding carboxylic acids is 1. The summed E-state index contributed by atoms with van der Waals surface area (Å²) in [5.74, 6) is 2.66. The molecule has 29 heavy (non-hydrogen) atoms. The van der Waals surface area contributed by atoms with Crippen molar-refractivity contribution in [2.75, 3.05) is 32.0 Å². The number of nitrogens with one attached hydrogen (secondary N) is 2. The maximum atomic E-state index is 11.7. The molecule has 0 aliphatic heterocycles. The topological polar surface area (TPSA) is 94.6 Å². The second-order valence-corrected chi connectivity index (χ2v) is 6.07. The van der Waals surface area contributed by atoms with Gasteiger partial charge >= 0.3 is 5.97 Å². The summed E-state index contributed by atoms with van der Waals surface area (Å²) in [6.07, 6.45) is 0. The third kappa shape index (κ3) is 4.92. The van der Waals surface area contributed by atoms with Crippen molar-refractivity contribution in [3.63, 3.8) is 0 Å². The number of carbonyl (C=O) groups is 1. The second-order valence-electron chi connectivity index (χ2n) is 6.07. The molecule has 1 heterocycles. The molecule has 3 rings (SSSR count). The van der Waals surface area contributed by atoms with E-state index in [-0.39, 0.29) is 0 Å². The number of methoxy groups -OCH3 is 3. The molecular weight excluding hydrogens is 372 g/mol. The minimum Gasteiger partial charge on any atom is -0.497 e. The number of aryl methyl sites for hydroxylation is 1. The molecule has 0 saturated carbocycles. The summed E-state index contributed by atoms with van der Waals surface area (Å²) in [4.78, 5) is 20.6. The van der Waals surface area contributed by atoms with E-state index in [1.807, 2.05) is 18.2 Å². The fourth-order valence-corrected chi connectivity index (χ4v) is 2.73. The van der Waals surface area contributed by atoms with Crippen LogP contribution in [-0.4, -0.2) is 37.3 Å². The van der Waals surface area contributed by atoms with Crippen molar-refractivity contribution in [3.8, 4) is 11.5 Å². The number of benzene rings is 2. The SMILES string of the molecule is COC(=O)c1cccc(Nc2cc(Nc3ccc(OC)cc3OC)nc(C)n2)c1. The summed E-state index contributed by atoms with van der Waals surface area (Å²) in [6, 6.07) is 14.2. The van der Waals surface area contributed by atoms with E-state index >= 15 is 0 Å². The van der Waals surface area contributed by atoms with Gasteiger partial charge in [-0.2, -0.15) is 0 Å². The summed E-state index contributed by atoms with van der Waals surface area (Å²) < 4.78 is 15.4. The molecular formula is C21H22N4O4. The van der Waals surface area contributed by atoms with Crippen LogP contribution in [0.3, 0.4) is 0 Å². The van der Waals surface area contributed by atoms with Crippen LogP contribution in [0.4, 0.5) is 23.0 Å². The van der Waals surface area contributed by atoms with Gasteiger partial charge in [0.15, 0.2) is 0 Å². The minimum absolute atomic E-state index is 0.401. The lowest BCUT2D eigenvalue weighted by atomic mass is 10.2. The van der Waals surface area contributed by atoms with Crippen molar-refractivity contribution in [2.24, 2.45) is 0 Å². The molecule has 0 amide bonds. The first kappa shape index (κ1) is 19.9. The average molecular weight is 394 g/mol. The highest BCUT2D eigenvalue weighted by Gasteiger charge is 2.10. The van der Waals surface area contributed by atoms with E-state index in [1.165, 1.54) is 7.11 Å². The fourth-order valence-electron chi connectivity index (χ4n) is 2.73. The fraction of sp³-hybridized carbons (Fsp3) is 0.190. The summed E-state index contributed by atoms with van der Waals surface area (Å²) in [5, 5.41) is 6.42. The Bertz CT molecular complexity index is 1020. The molecule has 8 heteroatoms. The molecule has 3 aromatic rings. The third-order valence-corrected chi connectivity index (χ3v) is 4.07. The third-order valence-electron chi connectivity index (χ3n) is 4.07. The van der Waals surface area contributed by atoms with Crippen LogP contribution in [0.1, 0.15) is 16.2 Å². The molecule has 0 radical (unpaired) electrons. The van der Waals surface area contributed by atoms with Gasteiger partial charge in [0.2, 0.25) is 0 Å². The van der Waals surface area contributed by atoms with Gasteiger partial charge in [0.25, 0.3) is 0 Å². The zero-order valence-electron chi connectivity index (χ0n) is 16.6. The van der Waals surface area contributed by atoms with Crippen molar-refractivity contribution in [1.82, 2.24) is 9.97 Å². The molecule has 0 fully saturated rings. The molecule has 2 aromatic carbocycles. The van der Waals surface area contributed by atoms with Crippen molar-refractivity contribution in [3.05, 3.63) is 59.9 Å². The molecule has 1 aromatic heterocycles. The van der Waals surface area contributed by atoms with Crippen LogP contribution in [0.2, 0.25) is 0 Å². The predicted octanol–water partition coefficient (Wildman–Crippen LogP) is 4.08. The smallest absolute Gasteiger partial charge is 0.337 e. The number of hydrogen-bond donors (Lipinski definition) is 2. The highest BCUT2D eigenvalue weighted by atomic mass is 16.5. The van der Waals surface area contributed by atoms with Crippen molar-refractivity contribution < 1.29 is 19.0 Å². The second kappa shape index (κ2) is 8.92. The Labute approximate surface area is 168 Å². The van der Waals surface area contributed by atoms with Gasteiger partial charge < -0.3 is 24.8 Å². The molecule has 0 unspecified atom stereocenters. The molecule has 0 spiro atoms. The van der Waals surface area contributed by atoms with Crippen LogP contribution in [0, 0.1) is 6.92 Å². The normalized spacial score (nSPS) is 10.2. The average Bonchev–Trinajstić information content (AvgIpc) is 2.73. The lowest BCUT2D eigenvalue weighted by Gasteiger charge is -2.14. The molecule has 150 valence electrons. The maximum absolute atomic E-state index is 11.7. The first-order valence-electron chi connectivity index (χ1n) is 8.82. The quantitative estimate of drug-likeness (QED) is 0.579. The van der Waals surface area contributed by atoms with Gasteiger partial charge in [0, 0.05) is 17.8 Å². The molecule has 2 N–H and O–H groups in total. The zero-order valence-corrected chi connectivity index (χ0v) is 16.6. The van der Waals surface area contributed by atoms with E-state index < -0.39 is 5.97 Å². The number of anilines is 4. The molecule has 0 atom stereocenters. The lowest BCUT2D eigenvalue weighted by molar-refractivity contribution is 0.0601. The summed E-state index contributed by atoms with van der Waals surface area (Å²) >= 11 is 0. The minimum atomic E-state index is -0.401. The number of nitrogens with zero attached hydrogens (tertiary/aromatic N) is 2. The van der Waals surface area contributed by atoms with Crippen LogP contribution in [0.15, 0.2) is 48.5 Å². The highest BCUT2D eigenvalue weighted by Crippen LogP contribution is 2.31. The van der Waals surface area contributed by atoms with Crippen LogP contribution in [0.5, 0.6) is 11.5 Å². The van der Waals surface area contributed by atoms with Gasteiger partial charge in [0.1, 0.15) is 29.0 Å². The molecule has 0 saturated heterocycles. The van der Waals surface area contributed by atoms with E-state index in [0.29, 0.717) is 40.2 Å². The maximum Gasteiger partial charge on any atom is 0.337 e. The Balaban J connectivity index is 1.85. The van der Waals surface area contributed by atoms with E-state index in [4.69, 9.17) is 14.2 Å². The van der Waals surface area contributed by atoms with Crippen molar-refractivity contribution in [1.29, 1.82) is 0 Å². The standard InChI is InChI=1S/C21H22N4O4/c1-13-22-19(24-15-7-5-6-14(10-15)21(26)29-4)12-20(23-13)25-17-9-8-16(27-2)11-18(17)28-3/h5-12H,1-4H3,(H2,22,23,24,25). The number of ether oxygens (including phenoxy) is 3. The first-order chi connectivity index (χ1) is 14.0. The Morgan fingerprint density at radius 1 is 0.897 bits per heavy atom. The Morgan fingerprint density at radius 3 is 2.34 bits per heavy atom. The molecule has 0 aliphatic carbocycles. The van der Waals surface area contributed by atoms with E-state index in [0.717, 1.165) is 5.69 Å². The van der Waals surface area contributed by atoms with Gasteiger partial charge in [-0.1, -0.05) is 6.07 Å². The van der Waals surface area contributed by atoms with Crippen LogP contribution in [-0.2, 0) is 4.74 Å². The number of esters is 1. The van der Waals surface area contributed by atoms with Gasteiger partial charge in [-0.05, 0) is 37.3 Å². The molecule has 0 bridgehead atoms. The van der Waals surface area contributed by atoms with Crippen LogP contribution >= 0.6 is 0 Å². The predicted molar refractivity (Wildman–Crippen MR) is 111 cm³/mol. The Hall–Kier alpha value is -3.81. The van der Waals surface area contributed by atoms with E-state index in [9.17, 15) is 4.79 Å². The van der Waals surface area contributed by atoms with Crippen molar-refractivity contribution >= 4 is 29.0 Å². The first-order valence-corrected chi connectivity index (χ1v) is 8.82. The summed E-state index contributed by atoms with van der Waals surface area (Å²) in [5.41, 5.74) is 1.90. The number of rotatable bonds is 7. The largest absolute Gasteiger partial charge is 0.497 e. The number of aromatic nitrogens is 2. The van der Waals surface area contributed by atoms with Crippen molar-refractivity contribution in [2.45, 2.75) is 6.92 Å². The van der Waals surface area contributed by atoms with Gasteiger partial charge in [-0.25, -0.2) is 14.8 Å². The Kier molecular flexibility index (Phi) is 6.13. The van der Waals surface area contributed by atoms with E-state index in [1.54, 1.807) is 51.5 Å². The number of hydrogen-bond acceptors (Lipinski definition) is 8. The van der Waals surface area contributed by atoms with Crippen LogP contribution in [0.25, 0.3) is 0 Å². The van der Waals surface area contributed by atoms with Crippen LogP contribution < -0.4 is 20.1 Å². The lowest BCUT2D eigenvalue weighted by Crippen LogP contribution is -2.04. The van der Waals surface area contributed by atoms with Gasteiger partial charge in [-0.15, -0.1) is 0 Å². The van der Waals surface area contributed by atoms with Gasteiger partial charge in [-0.3, -0.25) is 0 Å². The highest BCUT2D eigenvalue weighted by molar-refractivity contribution is 5.90. The van der Waals surface area contributed by atoms with Gasteiger partial charge in [0.05, 0.1) is 32.6 Å². The monoisotopic (exact) mass is 394 g/mol.